The lowest BCUT2D eigenvalue weighted by Crippen LogP contribution is -1.76. The summed E-state index contributed by atoms with van der Waals surface area (Å²) in [5.74, 6) is 0. The molecule has 0 spiro atoms. The molecule has 0 aromatic heterocycles. The summed E-state index contributed by atoms with van der Waals surface area (Å²) >= 11 is 3.57. The van der Waals surface area contributed by atoms with Gasteiger partial charge in [-0.2, -0.15) is 12.5 Å². The van der Waals surface area contributed by atoms with E-state index in [4.69, 9.17) is 0 Å². The predicted molar refractivity (Wildman–Crippen MR) is 21.7 cm³/mol. The van der Waals surface area contributed by atoms with Crippen molar-refractivity contribution in [2.75, 3.05) is 7.11 Å². The monoisotopic (exact) mass is 75.0 g/mol. The predicted octanol–water partition coefficient (Wildman–Crippen LogP) is 0.0968. The van der Waals surface area contributed by atoms with Gasteiger partial charge in [-0.05, 0) is 0 Å². The van der Waals surface area contributed by atoms with Gasteiger partial charge in [0.15, 0.2) is 0 Å². The standard InChI is InChI=1S/CH4BOS/c1-3-2-4/h4H,1H3. The quantitative estimate of drug-likeness (QED) is 0.343. The molecule has 1 nitrogen and oxygen atoms in total. The van der Waals surface area contributed by atoms with E-state index in [0.29, 0.717) is 0 Å². The molecule has 0 unspecified atom stereocenters. The van der Waals surface area contributed by atoms with E-state index in [0.717, 1.165) is 0 Å². The Bertz CT molecular complexity index is 10.0. The van der Waals surface area contributed by atoms with Gasteiger partial charge in [0.25, 0.3) is 0 Å². The van der Waals surface area contributed by atoms with Gasteiger partial charge < -0.3 is 4.65 Å². The molecule has 0 saturated heterocycles. The van der Waals surface area contributed by atoms with Crippen LogP contribution >= 0.6 is 12.5 Å². The van der Waals surface area contributed by atoms with Crippen LogP contribution in [-0.4, -0.2) is 13.9 Å². The number of rotatable bonds is 1. The Morgan fingerprint density at radius 1 is 2.00 bits per heavy atom. The molecule has 1 radical (unpaired) electrons. The molecule has 4 heavy (non-hydrogen) atoms. The van der Waals surface area contributed by atoms with Crippen molar-refractivity contribution in [3.63, 3.8) is 0 Å². The summed E-state index contributed by atoms with van der Waals surface area (Å²) in [4.78, 5) is 0. The van der Waals surface area contributed by atoms with Crippen LogP contribution in [0.25, 0.3) is 0 Å². The fourth-order valence-electron chi connectivity index (χ4n) is 0. The molecule has 0 amide bonds. The SMILES string of the molecule is CO[B]S. The van der Waals surface area contributed by atoms with Gasteiger partial charge in [-0.3, -0.25) is 0 Å². The number of hydrogen-bond donors (Lipinski definition) is 1. The molecule has 0 heterocycles. The molecule has 3 heteroatoms. The zero-order valence-electron chi connectivity index (χ0n) is 2.43. The van der Waals surface area contributed by atoms with Crippen molar-refractivity contribution in [3.8, 4) is 0 Å². The molecule has 0 saturated carbocycles. The summed E-state index contributed by atoms with van der Waals surface area (Å²) in [5.41, 5.74) is 0. The maximum absolute atomic E-state index is 4.28. The molecular weight excluding hydrogens is 70.9 g/mol. The molecule has 0 aromatic rings. The van der Waals surface area contributed by atoms with Gasteiger partial charge in [0, 0.05) is 7.11 Å². The average Bonchev–Trinajstić information content (AvgIpc) is 1.37. The third-order valence-corrected chi connectivity index (χ3v) is 0.316. The summed E-state index contributed by atoms with van der Waals surface area (Å²) in [6.07, 6.45) is 0. The summed E-state index contributed by atoms with van der Waals surface area (Å²) in [5, 5.41) is 0. The number of thiol groups is 1. The lowest BCUT2D eigenvalue weighted by molar-refractivity contribution is 0.456. The Hall–Kier alpha value is 0.375. The van der Waals surface area contributed by atoms with Crippen LogP contribution in [0.3, 0.4) is 0 Å². The number of hydrogen-bond acceptors (Lipinski definition) is 2. The first kappa shape index (κ1) is 4.37. The van der Waals surface area contributed by atoms with E-state index >= 15 is 0 Å². The average molecular weight is 74.9 g/mol. The van der Waals surface area contributed by atoms with Crippen LogP contribution in [0.1, 0.15) is 0 Å². The van der Waals surface area contributed by atoms with Crippen LogP contribution in [-0.2, 0) is 4.65 Å². The molecule has 0 N–H and O–H groups in total. The molecule has 0 atom stereocenters. The molecule has 0 aliphatic rings. The van der Waals surface area contributed by atoms with Crippen LogP contribution in [0.15, 0.2) is 0 Å². The van der Waals surface area contributed by atoms with Crippen molar-refractivity contribution < 1.29 is 4.65 Å². The molecule has 0 bridgehead atoms. The Balaban J connectivity index is 1.97. The Morgan fingerprint density at radius 3 is 2.25 bits per heavy atom. The fraction of sp³-hybridized carbons (Fsp3) is 1.00. The van der Waals surface area contributed by atoms with E-state index < -0.39 is 0 Å². The largest absolute Gasteiger partial charge is 0.432 e. The van der Waals surface area contributed by atoms with Gasteiger partial charge in [-0.1, -0.05) is 0 Å². The minimum Gasteiger partial charge on any atom is -0.432 e. The molecule has 0 rings (SSSR count). The fourth-order valence-corrected chi connectivity index (χ4v) is 0. The molecule has 23 valence electrons. The molecule has 0 aliphatic carbocycles. The van der Waals surface area contributed by atoms with Crippen LogP contribution in [0.2, 0.25) is 0 Å². The Labute approximate surface area is 31.9 Å². The minimum atomic E-state index is 1.32. The van der Waals surface area contributed by atoms with E-state index in [9.17, 15) is 0 Å². The second kappa shape index (κ2) is 3.37. The zero-order valence-corrected chi connectivity index (χ0v) is 3.33. The van der Waals surface area contributed by atoms with Crippen molar-refractivity contribution in [2.45, 2.75) is 0 Å². The van der Waals surface area contributed by atoms with Gasteiger partial charge in [0.05, 0.1) is 0 Å². The van der Waals surface area contributed by atoms with Crippen molar-refractivity contribution in [2.24, 2.45) is 0 Å². The van der Waals surface area contributed by atoms with E-state index in [-0.39, 0.29) is 0 Å². The van der Waals surface area contributed by atoms with E-state index in [2.05, 4.69) is 17.1 Å². The first-order valence-corrected chi connectivity index (χ1v) is 1.42. The lowest BCUT2D eigenvalue weighted by atomic mass is 10.6. The van der Waals surface area contributed by atoms with Crippen LogP contribution in [0, 0.1) is 0 Å². The van der Waals surface area contributed by atoms with Crippen molar-refractivity contribution in [1.29, 1.82) is 0 Å². The highest BCUT2D eigenvalue weighted by molar-refractivity contribution is 8.06. The van der Waals surface area contributed by atoms with Crippen molar-refractivity contribution in [3.05, 3.63) is 0 Å². The van der Waals surface area contributed by atoms with Gasteiger partial charge in [-0.15, -0.1) is 0 Å². The maximum Gasteiger partial charge on any atom is 0.368 e. The Morgan fingerprint density at radius 2 is 2.25 bits per heavy atom. The van der Waals surface area contributed by atoms with Crippen molar-refractivity contribution in [1.82, 2.24) is 0 Å². The van der Waals surface area contributed by atoms with E-state index in [1.165, 1.54) is 6.76 Å². The van der Waals surface area contributed by atoms with Gasteiger partial charge >= 0.3 is 6.76 Å². The topological polar surface area (TPSA) is 9.23 Å². The van der Waals surface area contributed by atoms with Gasteiger partial charge in [0.1, 0.15) is 0 Å². The van der Waals surface area contributed by atoms with Crippen LogP contribution < -0.4 is 0 Å². The normalized spacial score (nSPS) is 6.50. The zero-order chi connectivity index (χ0) is 3.41. The molecule has 0 aliphatic heterocycles. The second-order valence-corrected chi connectivity index (χ2v) is 0.552. The van der Waals surface area contributed by atoms with Crippen LogP contribution in [0.4, 0.5) is 0 Å². The van der Waals surface area contributed by atoms with Crippen LogP contribution in [0.5, 0.6) is 0 Å². The summed E-state index contributed by atoms with van der Waals surface area (Å²) in [6.45, 7) is 1.32. The molecule has 0 aromatic carbocycles. The minimum absolute atomic E-state index is 1.32. The molecule has 0 fully saturated rings. The van der Waals surface area contributed by atoms with Gasteiger partial charge in [-0.25, -0.2) is 0 Å². The third kappa shape index (κ3) is 2.37. The summed E-state index contributed by atoms with van der Waals surface area (Å²) in [6, 6.07) is 0. The first-order chi connectivity index (χ1) is 1.91. The highest BCUT2D eigenvalue weighted by Crippen LogP contribution is 1.59. The second-order valence-electron chi connectivity index (χ2n) is 0.341. The Kier molecular flexibility index (Phi) is 3.69. The maximum atomic E-state index is 4.28. The van der Waals surface area contributed by atoms with E-state index in [1.54, 1.807) is 7.11 Å². The lowest BCUT2D eigenvalue weighted by Gasteiger charge is -1.71. The first-order valence-electron chi connectivity index (χ1n) is 0.902. The van der Waals surface area contributed by atoms with E-state index in [1.807, 2.05) is 0 Å². The summed E-state index contributed by atoms with van der Waals surface area (Å²) in [7, 11) is 1.55. The van der Waals surface area contributed by atoms with Crippen molar-refractivity contribution >= 4 is 19.2 Å². The smallest absolute Gasteiger partial charge is 0.368 e. The highest BCUT2D eigenvalue weighted by Gasteiger charge is 1.62. The van der Waals surface area contributed by atoms with Gasteiger partial charge in [0.2, 0.25) is 0 Å². The highest BCUT2D eigenvalue weighted by atomic mass is 32.1. The molecular formula is CH4BOS. The summed E-state index contributed by atoms with van der Waals surface area (Å²) < 4.78 is 4.28. The third-order valence-electron chi connectivity index (χ3n) is 0.105.